The van der Waals surface area contributed by atoms with Crippen LogP contribution in [0, 0.1) is 0 Å². The van der Waals surface area contributed by atoms with Gasteiger partial charge < -0.3 is 14.7 Å². The fraction of sp³-hybridized carbons (Fsp3) is 0.227. The minimum absolute atomic E-state index is 0.00916. The smallest absolute Gasteiger partial charge is 0.412 e. The van der Waals surface area contributed by atoms with Crippen LogP contribution in [0.1, 0.15) is 27.5 Å². The third kappa shape index (κ3) is 5.23. The Hall–Kier alpha value is -4.42. The van der Waals surface area contributed by atoms with Crippen LogP contribution in [-0.4, -0.2) is 64.2 Å². The van der Waals surface area contributed by atoms with Crippen molar-refractivity contribution in [2.75, 3.05) is 25.0 Å². The van der Waals surface area contributed by atoms with Gasteiger partial charge in [0.2, 0.25) is 11.5 Å². The summed E-state index contributed by atoms with van der Waals surface area (Å²) in [6, 6.07) is 15.3. The lowest BCUT2D eigenvalue weighted by Crippen LogP contribution is -2.42. The molecular formula is C22H17F3N4O6. The van der Waals surface area contributed by atoms with Crippen molar-refractivity contribution in [1.29, 1.82) is 0 Å². The van der Waals surface area contributed by atoms with E-state index >= 15 is 0 Å². The van der Waals surface area contributed by atoms with Gasteiger partial charge in [0.05, 0.1) is 0 Å². The van der Waals surface area contributed by atoms with E-state index in [1.807, 2.05) is 48.5 Å². The molecule has 0 bridgehead atoms. The van der Waals surface area contributed by atoms with Crippen molar-refractivity contribution in [3.8, 4) is 11.1 Å². The van der Waals surface area contributed by atoms with E-state index in [2.05, 4.69) is 20.3 Å². The molecule has 4 rings (SSSR count). The van der Waals surface area contributed by atoms with Gasteiger partial charge in [0.1, 0.15) is 19.7 Å². The topological polar surface area (TPSA) is 135 Å². The van der Waals surface area contributed by atoms with Crippen LogP contribution in [0.15, 0.2) is 53.2 Å². The maximum atomic E-state index is 12.8. The summed E-state index contributed by atoms with van der Waals surface area (Å²) in [4.78, 5) is 35.8. The Morgan fingerprint density at radius 1 is 1.03 bits per heavy atom. The Morgan fingerprint density at radius 3 is 2.20 bits per heavy atom. The van der Waals surface area contributed by atoms with Crippen LogP contribution in [0.5, 0.6) is 0 Å². The molecule has 0 fully saturated rings. The number of carboxylic acid groups (broad SMARTS) is 1. The molecule has 1 aliphatic rings. The first-order chi connectivity index (χ1) is 16.6. The van der Waals surface area contributed by atoms with Gasteiger partial charge in [-0.1, -0.05) is 48.5 Å². The molecule has 13 heteroatoms. The first-order valence-corrected chi connectivity index (χ1v) is 10.2. The van der Waals surface area contributed by atoms with Gasteiger partial charge in [0.25, 0.3) is 5.91 Å². The van der Waals surface area contributed by atoms with Crippen molar-refractivity contribution in [3.05, 3.63) is 65.4 Å². The zero-order valence-electron chi connectivity index (χ0n) is 17.8. The largest absolute Gasteiger partial charge is 0.480 e. The summed E-state index contributed by atoms with van der Waals surface area (Å²) in [6.45, 7) is -3.18. The minimum Gasteiger partial charge on any atom is -0.480 e. The van der Waals surface area contributed by atoms with Gasteiger partial charge in [0, 0.05) is 5.92 Å². The highest BCUT2D eigenvalue weighted by molar-refractivity contribution is 6.00. The number of hydrogen-bond donors (Lipinski definition) is 2. The van der Waals surface area contributed by atoms with Crippen molar-refractivity contribution >= 4 is 23.8 Å². The molecule has 3 aromatic rings. The molecule has 0 unspecified atom stereocenters. The maximum absolute atomic E-state index is 12.8. The predicted octanol–water partition coefficient (Wildman–Crippen LogP) is 3.52. The van der Waals surface area contributed by atoms with Gasteiger partial charge in [-0.05, 0) is 32.6 Å². The van der Waals surface area contributed by atoms with Crippen molar-refractivity contribution in [2.45, 2.75) is 12.1 Å². The number of carbonyl (C=O) groups is 3. The summed E-state index contributed by atoms with van der Waals surface area (Å²) >= 11 is 0. The Kier molecular flexibility index (Phi) is 6.40. The molecule has 2 amide bonds. The molecule has 1 aliphatic carbocycles. The number of nitrogens with one attached hydrogen (secondary N) is 1. The average molecular weight is 490 g/mol. The van der Waals surface area contributed by atoms with Gasteiger partial charge in [0.15, 0.2) is 0 Å². The number of nitrogens with zero attached hydrogens (tertiary/aromatic N) is 3. The molecule has 0 atom stereocenters. The zero-order valence-corrected chi connectivity index (χ0v) is 17.8. The first-order valence-electron chi connectivity index (χ1n) is 10.2. The molecule has 0 saturated carbocycles. The molecule has 10 nitrogen and oxygen atoms in total. The quantitative estimate of drug-likeness (QED) is 0.514. The van der Waals surface area contributed by atoms with Crippen molar-refractivity contribution in [3.63, 3.8) is 0 Å². The highest BCUT2D eigenvalue weighted by Crippen LogP contribution is 2.44. The molecule has 0 spiro atoms. The lowest BCUT2D eigenvalue weighted by molar-refractivity contribution is -0.149. The van der Waals surface area contributed by atoms with Gasteiger partial charge in [-0.2, -0.15) is 13.2 Å². The zero-order chi connectivity index (χ0) is 25.2. The molecule has 2 N–H and O–H groups in total. The van der Waals surface area contributed by atoms with E-state index in [0.29, 0.717) is 0 Å². The fourth-order valence-corrected chi connectivity index (χ4v) is 3.87. The van der Waals surface area contributed by atoms with Gasteiger partial charge >= 0.3 is 18.2 Å². The second-order valence-electron chi connectivity index (χ2n) is 7.58. The number of benzene rings is 2. The molecule has 0 aliphatic heterocycles. The van der Waals surface area contributed by atoms with E-state index in [9.17, 15) is 27.6 Å². The van der Waals surface area contributed by atoms with Gasteiger partial charge in [-0.15, -0.1) is 0 Å². The van der Waals surface area contributed by atoms with Crippen LogP contribution in [0.2, 0.25) is 0 Å². The third-order valence-electron chi connectivity index (χ3n) is 5.24. The van der Waals surface area contributed by atoms with Crippen molar-refractivity contribution in [1.82, 2.24) is 15.2 Å². The third-order valence-corrected chi connectivity index (χ3v) is 5.24. The van der Waals surface area contributed by atoms with E-state index in [0.717, 1.165) is 22.3 Å². The number of halogens is 3. The monoisotopic (exact) mass is 490 g/mol. The summed E-state index contributed by atoms with van der Waals surface area (Å²) in [5.74, 6) is -3.99. The van der Waals surface area contributed by atoms with E-state index < -0.39 is 48.7 Å². The SMILES string of the molecule is O=C(O)CN(CC(F)(F)F)C(=O)c1nonc1NC(=O)OCC1c2ccccc2-c2ccccc21. The number of aliphatic carboxylic acids is 1. The fourth-order valence-electron chi connectivity index (χ4n) is 3.87. The number of anilines is 1. The van der Waals surface area contributed by atoms with Crippen LogP contribution in [0.4, 0.5) is 23.8 Å². The van der Waals surface area contributed by atoms with Crippen LogP contribution in [0.3, 0.4) is 0 Å². The maximum Gasteiger partial charge on any atom is 0.412 e. The number of rotatable bonds is 7. The summed E-state index contributed by atoms with van der Waals surface area (Å²) in [7, 11) is 0. The Bertz CT molecular complexity index is 1230. The normalized spacial score (nSPS) is 12.5. The van der Waals surface area contributed by atoms with Crippen molar-refractivity contribution in [2.24, 2.45) is 0 Å². The Morgan fingerprint density at radius 2 is 1.63 bits per heavy atom. The number of ether oxygens (including phenoxy) is 1. The van der Waals surface area contributed by atoms with Gasteiger partial charge in [-0.3, -0.25) is 14.9 Å². The van der Waals surface area contributed by atoms with Crippen LogP contribution >= 0.6 is 0 Å². The van der Waals surface area contributed by atoms with Crippen LogP contribution in [0.25, 0.3) is 11.1 Å². The Labute approximate surface area is 195 Å². The summed E-state index contributed by atoms with van der Waals surface area (Å²) in [6.07, 6.45) is -5.93. The number of amides is 2. The van der Waals surface area contributed by atoms with Crippen LogP contribution in [-0.2, 0) is 9.53 Å². The lowest BCUT2D eigenvalue weighted by atomic mass is 9.98. The second kappa shape index (κ2) is 9.44. The molecule has 2 aromatic carbocycles. The standard InChI is InChI=1S/C22H17F3N4O6/c23-22(24,25)11-29(9-17(30)31)20(32)18-19(28-35-27-18)26-21(33)34-10-16-14-7-3-1-5-12(14)13-6-2-4-8-15(13)16/h1-8,16H,9-11H2,(H,30,31)(H,26,28,33). The predicted molar refractivity (Wildman–Crippen MR) is 113 cm³/mol. The number of carboxylic acids is 1. The Balaban J connectivity index is 1.45. The molecule has 0 saturated heterocycles. The number of fused-ring (bicyclic) bond motifs is 3. The van der Waals surface area contributed by atoms with E-state index in [4.69, 9.17) is 9.84 Å². The summed E-state index contributed by atoms with van der Waals surface area (Å²) in [5, 5.41) is 17.5. The summed E-state index contributed by atoms with van der Waals surface area (Å²) < 4.78 is 48.0. The second-order valence-corrected chi connectivity index (χ2v) is 7.58. The number of hydrogen-bond acceptors (Lipinski definition) is 7. The highest BCUT2D eigenvalue weighted by atomic mass is 19.4. The average Bonchev–Trinajstić information content (AvgIpc) is 3.38. The molecule has 182 valence electrons. The van der Waals surface area contributed by atoms with Crippen LogP contribution < -0.4 is 5.32 Å². The van der Waals surface area contributed by atoms with Crippen molar-refractivity contribution < 1.29 is 42.0 Å². The van der Waals surface area contributed by atoms with E-state index in [-0.39, 0.29) is 17.4 Å². The van der Waals surface area contributed by atoms with E-state index in [1.165, 1.54) is 0 Å². The highest BCUT2D eigenvalue weighted by Gasteiger charge is 2.37. The molecule has 35 heavy (non-hydrogen) atoms. The first kappa shape index (κ1) is 23.7. The summed E-state index contributed by atoms with van der Waals surface area (Å²) in [5.41, 5.74) is 3.13. The van der Waals surface area contributed by atoms with Gasteiger partial charge in [-0.25, -0.2) is 9.42 Å². The molecule has 0 radical (unpaired) electrons. The number of aromatic nitrogens is 2. The number of alkyl halides is 3. The van der Waals surface area contributed by atoms with E-state index in [1.54, 1.807) is 0 Å². The minimum atomic E-state index is -4.87. The number of carbonyl (C=O) groups excluding carboxylic acids is 2. The molecular weight excluding hydrogens is 473 g/mol. The molecule has 1 aromatic heterocycles. The lowest BCUT2D eigenvalue weighted by Gasteiger charge is -2.21. The molecule has 1 heterocycles.